The minimum Gasteiger partial charge on any atom is -0.481 e. The molecule has 2 N–H and O–H groups in total. The van der Waals surface area contributed by atoms with Crippen molar-refractivity contribution < 1.29 is 9.90 Å². The van der Waals surface area contributed by atoms with Crippen molar-refractivity contribution >= 4 is 39.2 Å². The number of halogens is 2. The molecule has 0 amide bonds. The van der Waals surface area contributed by atoms with Crippen molar-refractivity contribution in [3.63, 3.8) is 0 Å². The van der Waals surface area contributed by atoms with E-state index in [1.807, 2.05) is 19.1 Å². The highest BCUT2D eigenvalue weighted by molar-refractivity contribution is 9.10. The third kappa shape index (κ3) is 3.39. The van der Waals surface area contributed by atoms with E-state index in [1.54, 1.807) is 13.0 Å². The van der Waals surface area contributed by atoms with Crippen LogP contribution < -0.4 is 5.32 Å². The molecule has 0 saturated heterocycles. The number of aliphatic carboxylic acids is 1. The fourth-order valence-corrected chi connectivity index (χ4v) is 1.61. The molecule has 16 heavy (non-hydrogen) atoms. The van der Waals surface area contributed by atoms with Crippen LogP contribution in [0, 0.1) is 5.92 Å². The molecule has 0 aliphatic rings. The second-order valence-corrected chi connectivity index (χ2v) is 4.95. The third-order valence-corrected chi connectivity index (χ3v) is 3.69. The lowest BCUT2D eigenvalue weighted by Gasteiger charge is -2.19. The molecule has 3 nitrogen and oxygen atoms in total. The number of hydrogen-bond acceptors (Lipinski definition) is 2. The van der Waals surface area contributed by atoms with E-state index in [0.717, 1.165) is 10.2 Å². The van der Waals surface area contributed by atoms with Gasteiger partial charge in [-0.05, 0) is 48.0 Å². The zero-order valence-electron chi connectivity index (χ0n) is 9.00. The molecule has 0 saturated carbocycles. The molecule has 1 rings (SSSR count). The average Bonchev–Trinajstić information content (AvgIpc) is 2.22. The van der Waals surface area contributed by atoms with E-state index in [9.17, 15) is 4.79 Å². The Morgan fingerprint density at radius 1 is 1.50 bits per heavy atom. The van der Waals surface area contributed by atoms with Crippen molar-refractivity contribution in [2.45, 2.75) is 19.9 Å². The predicted molar refractivity (Wildman–Crippen MR) is 69.0 cm³/mol. The Morgan fingerprint density at radius 2 is 2.12 bits per heavy atom. The first-order valence-corrected chi connectivity index (χ1v) is 6.03. The maximum absolute atomic E-state index is 10.8. The summed E-state index contributed by atoms with van der Waals surface area (Å²) >= 11 is 9.23. The van der Waals surface area contributed by atoms with Crippen molar-refractivity contribution in [2.75, 3.05) is 5.32 Å². The smallest absolute Gasteiger partial charge is 0.308 e. The van der Waals surface area contributed by atoms with Gasteiger partial charge in [0.05, 0.1) is 10.9 Å². The molecule has 0 aliphatic carbocycles. The molecule has 5 heteroatoms. The summed E-state index contributed by atoms with van der Waals surface area (Å²) in [6.45, 7) is 3.50. The van der Waals surface area contributed by atoms with E-state index in [-0.39, 0.29) is 6.04 Å². The van der Waals surface area contributed by atoms with Crippen LogP contribution in [0.4, 0.5) is 5.69 Å². The molecule has 0 spiro atoms. The van der Waals surface area contributed by atoms with E-state index < -0.39 is 11.9 Å². The van der Waals surface area contributed by atoms with Crippen molar-refractivity contribution in [2.24, 2.45) is 5.92 Å². The maximum Gasteiger partial charge on any atom is 0.308 e. The highest BCUT2D eigenvalue weighted by Crippen LogP contribution is 2.26. The molecule has 1 aromatic rings. The number of rotatable bonds is 4. The number of carboxylic acids is 1. The monoisotopic (exact) mass is 305 g/mol. The molecule has 88 valence electrons. The van der Waals surface area contributed by atoms with Crippen molar-refractivity contribution in [1.82, 2.24) is 0 Å². The van der Waals surface area contributed by atoms with Gasteiger partial charge in [-0.1, -0.05) is 11.6 Å². The van der Waals surface area contributed by atoms with Crippen LogP contribution in [0.5, 0.6) is 0 Å². The summed E-state index contributed by atoms with van der Waals surface area (Å²) in [6.07, 6.45) is 0. The van der Waals surface area contributed by atoms with Crippen LogP contribution in [0.1, 0.15) is 13.8 Å². The highest BCUT2D eigenvalue weighted by atomic mass is 79.9. The van der Waals surface area contributed by atoms with Crippen LogP contribution in [0.15, 0.2) is 22.7 Å². The Morgan fingerprint density at radius 3 is 2.62 bits per heavy atom. The van der Waals surface area contributed by atoms with E-state index in [0.29, 0.717) is 5.02 Å². The first-order valence-electron chi connectivity index (χ1n) is 4.86. The minimum atomic E-state index is -0.816. The van der Waals surface area contributed by atoms with Gasteiger partial charge in [-0.15, -0.1) is 0 Å². The van der Waals surface area contributed by atoms with Crippen LogP contribution in [0.3, 0.4) is 0 Å². The first kappa shape index (κ1) is 13.3. The molecule has 0 radical (unpaired) electrons. The van der Waals surface area contributed by atoms with E-state index in [4.69, 9.17) is 16.7 Å². The quantitative estimate of drug-likeness (QED) is 0.893. The van der Waals surface area contributed by atoms with Gasteiger partial charge in [0.2, 0.25) is 0 Å². The van der Waals surface area contributed by atoms with Crippen molar-refractivity contribution in [3.8, 4) is 0 Å². The topological polar surface area (TPSA) is 49.3 Å². The van der Waals surface area contributed by atoms with Crippen molar-refractivity contribution in [3.05, 3.63) is 27.7 Å². The normalized spacial score (nSPS) is 14.2. The lowest BCUT2D eigenvalue weighted by Crippen LogP contribution is -2.29. The van der Waals surface area contributed by atoms with Gasteiger partial charge in [-0.2, -0.15) is 0 Å². The van der Waals surface area contributed by atoms with Gasteiger partial charge in [-0.25, -0.2) is 0 Å². The average molecular weight is 307 g/mol. The standard InChI is InChI=1S/C11H13BrClNO2/c1-6(11(15)16)7(2)14-8-3-4-9(12)10(13)5-8/h3-7,14H,1-2H3,(H,15,16). The van der Waals surface area contributed by atoms with Crippen LogP contribution in [-0.2, 0) is 4.79 Å². The summed E-state index contributed by atoms with van der Waals surface area (Å²) in [5, 5.41) is 12.6. The Labute approximate surface area is 108 Å². The number of nitrogens with one attached hydrogen (secondary N) is 1. The summed E-state index contributed by atoms with van der Waals surface area (Å²) in [6, 6.07) is 5.27. The molecule has 1 aromatic carbocycles. The SMILES string of the molecule is CC(Nc1ccc(Br)c(Cl)c1)C(C)C(=O)O. The summed E-state index contributed by atoms with van der Waals surface area (Å²) in [5.41, 5.74) is 0.814. The number of carboxylic acid groups (broad SMARTS) is 1. The Bertz CT molecular complexity index is 398. The number of benzene rings is 1. The summed E-state index contributed by atoms with van der Waals surface area (Å²) in [4.78, 5) is 10.8. The predicted octanol–water partition coefficient (Wildman–Crippen LogP) is 3.62. The largest absolute Gasteiger partial charge is 0.481 e. The van der Waals surface area contributed by atoms with Gasteiger partial charge in [0.25, 0.3) is 0 Å². The molecular formula is C11H13BrClNO2. The third-order valence-electron chi connectivity index (χ3n) is 2.45. The molecule has 0 aromatic heterocycles. The second-order valence-electron chi connectivity index (χ2n) is 3.69. The first-order chi connectivity index (χ1) is 7.41. The van der Waals surface area contributed by atoms with Gasteiger partial charge < -0.3 is 10.4 Å². The molecule has 0 fully saturated rings. The Hall–Kier alpha value is -0.740. The molecule has 2 unspecified atom stereocenters. The number of anilines is 1. The van der Waals surface area contributed by atoms with Gasteiger partial charge in [0.1, 0.15) is 0 Å². The zero-order chi connectivity index (χ0) is 12.3. The second kappa shape index (κ2) is 5.55. The summed E-state index contributed by atoms with van der Waals surface area (Å²) < 4.78 is 0.818. The summed E-state index contributed by atoms with van der Waals surface area (Å²) in [5.74, 6) is -1.27. The molecule has 0 aliphatic heterocycles. The van der Waals surface area contributed by atoms with Crippen LogP contribution in [0.25, 0.3) is 0 Å². The fraction of sp³-hybridized carbons (Fsp3) is 0.364. The molecule has 0 heterocycles. The Balaban J connectivity index is 2.73. The van der Waals surface area contributed by atoms with E-state index in [1.165, 1.54) is 0 Å². The lowest BCUT2D eigenvalue weighted by molar-refractivity contribution is -0.141. The zero-order valence-corrected chi connectivity index (χ0v) is 11.3. The summed E-state index contributed by atoms with van der Waals surface area (Å²) in [7, 11) is 0. The van der Waals surface area contributed by atoms with E-state index >= 15 is 0 Å². The fourth-order valence-electron chi connectivity index (χ4n) is 1.19. The van der Waals surface area contributed by atoms with Gasteiger partial charge in [0, 0.05) is 16.2 Å². The van der Waals surface area contributed by atoms with Crippen LogP contribution in [0.2, 0.25) is 5.02 Å². The van der Waals surface area contributed by atoms with Crippen LogP contribution in [-0.4, -0.2) is 17.1 Å². The van der Waals surface area contributed by atoms with Gasteiger partial charge >= 0.3 is 5.97 Å². The molecule has 2 atom stereocenters. The molecular weight excluding hydrogens is 293 g/mol. The van der Waals surface area contributed by atoms with Crippen molar-refractivity contribution in [1.29, 1.82) is 0 Å². The number of carbonyl (C=O) groups is 1. The maximum atomic E-state index is 10.8. The Kier molecular flexibility index (Phi) is 4.62. The van der Waals surface area contributed by atoms with Gasteiger partial charge in [0.15, 0.2) is 0 Å². The molecule has 0 bridgehead atoms. The van der Waals surface area contributed by atoms with Gasteiger partial charge in [-0.3, -0.25) is 4.79 Å². The van der Waals surface area contributed by atoms with Crippen LogP contribution >= 0.6 is 27.5 Å². The van der Waals surface area contributed by atoms with E-state index in [2.05, 4.69) is 21.2 Å². The number of hydrogen-bond donors (Lipinski definition) is 2. The minimum absolute atomic E-state index is 0.158. The lowest BCUT2D eigenvalue weighted by atomic mass is 10.0. The highest BCUT2D eigenvalue weighted by Gasteiger charge is 2.19.